The average Bonchev–Trinajstić information content (AvgIpc) is 3.18. The first-order valence-electron chi connectivity index (χ1n) is 14.6. The minimum Gasteiger partial charge on any atom is -0.390 e. The molecule has 2 aliphatic carbocycles. The second-order valence-corrected chi connectivity index (χ2v) is 14.1. The van der Waals surface area contributed by atoms with Crippen LogP contribution >= 0.6 is 0 Å². The molecule has 9 nitrogen and oxygen atoms in total. The molecule has 2 N–H and O–H groups in total. The van der Waals surface area contributed by atoms with Gasteiger partial charge in [0, 0.05) is 50.0 Å². The lowest BCUT2D eigenvalue weighted by atomic mass is 9.48. The Morgan fingerprint density at radius 2 is 1.92 bits per heavy atom. The summed E-state index contributed by atoms with van der Waals surface area (Å²) in [6.07, 6.45) is 14.1. The van der Waals surface area contributed by atoms with Crippen molar-refractivity contribution in [2.45, 2.75) is 89.4 Å². The fourth-order valence-electron chi connectivity index (χ4n) is 7.80. The van der Waals surface area contributed by atoms with Crippen LogP contribution in [0.2, 0.25) is 12.6 Å². The van der Waals surface area contributed by atoms with Gasteiger partial charge >= 0.3 is 0 Å². The molecule has 4 unspecified atom stereocenters. The van der Waals surface area contributed by atoms with Crippen molar-refractivity contribution >= 4 is 36.3 Å². The summed E-state index contributed by atoms with van der Waals surface area (Å²) in [5.74, 6) is 3.81. The van der Waals surface area contributed by atoms with Gasteiger partial charge in [0.05, 0.1) is 17.8 Å². The molecule has 0 aromatic carbocycles. The first-order chi connectivity index (χ1) is 18.4. The number of piperidine rings is 1. The first-order valence-corrected chi connectivity index (χ1v) is 15.6. The van der Waals surface area contributed by atoms with Crippen molar-refractivity contribution in [2.24, 2.45) is 32.5 Å². The first kappa shape index (κ1) is 26.2. The van der Waals surface area contributed by atoms with Crippen molar-refractivity contribution in [2.75, 3.05) is 26.2 Å². The maximum absolute atomic E-state index is 13.6. The average molecular weight is 538 g/mol. The van der Waals surface area contributed by atoms with E-state index >= 15 is 0 Å². The van der Waals surface area contributed by atoms with E-state index in [0.29, 0.717) is 11.7 Å². The largest absolute Gasteiger partial charge is 0.390 e. The van der Waals surface area contributed by atoms with E-state index in [2.05, 4.69) is 26.5 Å². The van der Waals surface area contributed by atoms with Crippen molar-refractivity contribution in [3.8, 4) is 5.97 Å². The highest BCUT2D eigenvalue weighted by atomic mass is 32.2. The molecule has 0 aromatic rings. The highest BCUT2D eigenvalue weighted by Gasteiger charge is 2.62. The molecule has 3 saturated heterocycles. The molecule has 4 aliphatic heterocycles. The van der Waals surface area contributed by atoms with E-state index < -0.39 is 16.6 Å². The Labute approximate surface area is 229 Å². The van der Waals surface area contributed by atoms with Crippen molar-refractivity contribution < 1.29 is 9.00 Å². The molecule has 2 saturated carbocycles. The summed E-state index contributed by atoms with van der Waals surface area (Å²) in [4.78, 5) is 25.0. The van der Waals surface area contributed by atoms with Gasteiger partial charge < -0.3 is 5.73 Å². The summed E-state index contributed by atoms with van der Waals surface area (Å²) in [6.45, 7) is 5.61. The highest BCUT2D eigenvalue weighted by molar-refractivity contribution is 7.80. The molecule has 1 amide bonds. The summed E-state index contributed by atoms with van der Waals surface area (Å²) in [5, 5.41) is 9.31. The summed E-state index contributed by atoms with van der Waals surface area (Å²) >= 11 is -1.13. The molecule has 0 aromatic heterocycles. The van der Waals surface area contributed by atoms with E-state index in [4.69, 9.17) is 10.7 Å². The third-order valence-electron chi connectivity index (χ3n) is 10.3. The Morgan fingerprint density at radius 3 is 2.55 bits per heavy atom. The molecule has 11 heteroatoms. The van der Waals surface area contributed by atoms with Crippen LogP contribution in [0.1, 0.15) is 64.7 Å². The predicted molar refractivity (Wildman–Crippen MR) is 150 cm³/mol. The van der Waals surface area contributed by atoms with Crippen molar-refractivity contribution in [3.63, 3.8) is 0 Å². The third kappa shape index (κ3) is 4.46. The monoisotopic (exact) mass is 537 g/mol. The van der Waals surface area contributed by atoms with Gasteiger partial charge in [0.1, 0.15) is 5.82 Å². The van der Waals surface area contributed by atoms with Gasteiger partial charge in [0.25, 0.3) is 6.71 Å². The van der Waals surface area contributed by atoms with E-state index in [0.717, 1.165) is 102 Å². The molecule has 2 spiro atoms. The minimum atomic E-state index is -1.13. The van der Waals surface area contributed by atoms with Gasteiger partial charge in [-0.3, -0.25) is 14.7 Å². The van der Waals surface area contributed by atoms with Crippen LogP contribution in [0.4, 0.5) is 0 Å². The SMILES string of the molecule is CC1CCCC1N1C(=O)C2(CC2)C(C=NC2CCN(S(=O)N3CCC4(CCB(C#N)C4)C3)CC2)=C1/N=C/N. The molecule has 4 heterocycles. The molecule has 0 bridgehead atoms. The maximum atomic E-state index is 13.6. The lowest BCUT2D eigenvalue weighted by molar-refractivity contribution is -0.134. The number of carbonyl (C=O) groups excluding carboxylic acids is 1. The molecule has 5 fully saturated rings. The van der Waals surface area contributed by atoms with E-state index in [9.17, 15) is 14.3 Å². The normalized spacial score (nSPS) is 35.2. The lowest BCUT2D eigenvalue weighted by Crippen LogP contribution is -2.43. The molecular formula is C27H40BN7O2S. The zero-order chi connectivity index (χ0) is 26.5. The summed E-state index contributed by atoms with van der Waals surface area (Å²) < 4.78 is 17.6. The zero-order valence-electron chi connectivity index (χ0n) is 22.6. The summed E-state index contributed by atoms with van der Waals surface area (Å²) in [6, 6.07) is 0.350. The summed E-state index contributed by atoms with van der Waals surface area (Å²) in [5.41, 5.74) is 6.43. The number of nitrogens with zero attached hydrogens (tertiary/aromatic N) is 6. The molecule has 6 aliphatic rings. The highest BCUT2D eigenvalue weighted by Crippen LogP contribution is 2.59. The van der Waals surface area contributed by atoms with Gasteiger partial charge in [-0.25, -0.2) is 23.1 Å². The van der Waals surface area contributed by atoms with Crippen LogP contribution < -0.4 is 5.73 Å². The van der Waals surface area contributed by atoms with Crippen LogP contribution in [0.5, 0.6) is 0 Å². The zero-order valence-corrected chi connectivity index (χ0v) is 23.4. The number of hydrogen-bond acceptors (Lipinski definition) is 5. The Morgan fingerprint density at radius 1 is 1.13 bits per heavy atom. The van der Waals surface area contributed by atoms with Gasteiger partial charge in [0.15, 0.2) is 11.2 Å². The molecule has 6 rings (SSSR count). The van der Waals surface area contributed by atoms with Gasteiger partial charge in [-0.15, -0.1) is 0 Å². The van der Waals surface area contributed by atoms with Crippen LogP contribution in [0.3, 0.4) is 0 Å². The topological polar surface area (TPSA) is 118 Å². The Bertz CT molecular complexity index is 1120. The van der Waals surface area contributed by atoms with Gasteiger partial charge in [-0.1, -0.05) is 32.4 Å². The van der Waals surface area contributed by atoms with Crippen molar-refractivity contribution in [1.29, 1.82) is 5.26 Å². The smallest absolute Gasteiger partial charge is 0.268 e. The molecule has 0 radical (unpaired) electrons. The Balaban J connectivity index is 1.10. The van der Waals surface area contributed by atoms with Gasteiger partial charge in [0.2, 0.25) is 5.91 Å². The number of rotatable bonds is 6. The van der Waals surface area contributed by atoms with Crippen LogP contribution in [-0.2, 0) is 16.0 Å². The van der Waals surface area contributed by atoms with Gasteiger partial charge in [-0.2, -0.15) is 0 Å². The van der Waals surface area contributed by atoms with Gasteiger partial charge in [-0.05, 0) is 56.3 Å². The lowest BCUT2D eigenvalue weighted by Gasteiger charge is -2.32. The second kappa shape index (κ2) is 10.2. The van der Waals surface area contributed by atoms with Crippen LogP contribution in [-0.4, -0.2) is 81.2 Å². The fourth-order valence-corrected chi connectivity index (χ4v) is 9.28. The summed E-state index contributed by atoms with van der Waals surface area (Å²) in [7, 11) is 0. The van der Waals surface area contributed by atoms with Crippen LogP contribution in [0.25, 0.3) is 0 Å². The van der Waals surface area contributed by atoms with Crippen molar-refractivity contribution in [1.82, 2.24) is 13.5 Å². The van der Waals surface area contributed by atoms with E-state index in [1.807, 2.05) is 11.1 Å². The number of aliphatic imine (C=N–C) groups is 2. The Kier molecular flexibility index (Phi) is 7.02. The fraction of sp³-hybridized carbons (Fsp3) is 0.778. The van der Waals surface area contributed by atoms with E-state index in [-0.39, 0.29) is 30.1 Å². The number of nitrogens with two attached hydrogens (primary N) is 1. The minimum absolute atomic E-state index is 0.153. The maximum Gasteiger partial charge on any atom is 0.268 e. The number of carbonyl (C=O) groups is 1. The van der Waals surface area contributed by atoms with Crippen LogP contribution in [0, 0.1) is 28.0 Å². The quantitative estimate of drug-likeness (QED) is 0.318. The standard InChI is InChI=1S/C27H40BN7O2S/c1-20-3-2-4-23(20)35-24(32-19-30)22(27(7-8-27)25(35)36)15-31-21-5-12-33(13-6-21)38(37)34-14-10-26(17-34)9-11-28(16-26)18-29/h15,19-21,23H,2-14,16-17H2,1H3,(H2,30,32). The number of hydrogen-bond donors (Lipinski definition) is 1. The van der Waals surface area contributed by atoms with Crippen LogP contribution in [0.15, 0.2) is 21.4 Å². The predicted octanol–water partition coefficient (Wildman–Crippen LogP) is 2.76. The molecule has 38 heavy (non-hydrogen) atoms. The second-order valence-electron chi connectivity index (χ2n) is 12.6. The van der Waals surface area contributed by atoms with E-state index in [1.165, 1.54) is 6.34 Å². The number of amides is 1. The molecule has 4 atom stereocenters. The third-order valence-corrected chi connectivity index (χ3v) is 11.8. The molecule has 204 valence electrons. The molecular weight excluding hydrogens is 497 g/mol. The Hall–Kier alpha value is -2.03. The van der Waals surface area contributed by atoms with Crippen molar-refractivity contribution in [3.05, 3.63) is 11.4 Å². The number of nitriles is 1. The van der Waals surface area contributed by atoms with E-state index in [1.54, 1.807) is 0 Å².